The minimum Gasteiger partial charge on any atom is -0.326 e. The van der Waals surface area contributed by atoms with Crippen LogP contribution in [0.25, 0.3) is 0 Å². The van der Waals surface area contributed by atoms with Crippen LogP contribution >= 0.6 is 11.8 Å². The zero-order valence-corrected chi connectivity index (χ0v) is 10.8. The number of halogens is 3. The number of alkyl halides is 3. The molecule has 0 aliphatic heterocycles. The van der Waals surface area contributed by atoms with Crippen molar-refractivity contribution in [2.45, 2.75) is 22.6 Å². The van der Waals surface area contributed by atoms with Gasteiger partial charge >= 0.3 is 6.18 Å². The van der Waals surface area contributed by atoms with E-state index in [0.29, 0.717) is 10.5 Å². The highest BCUT2D eigenvalue weighted by molar-refractivity contribution is 7.99. The maximum atomic E-state index is 12.6. The van der Waals surface area contributed by atoms with Gasteiger partial charge in [-0.05, 0) is 11.6 Å². The van der Waals surface area contributed by atoms with E-state index >= 15 is 0 Å². The van der Waals surface area contributed by atoms with E-state index in [0.717, 1.165) is 17.8 Å². The summed E-state index contributed by atoms with van der Waals surface area (Å²) in [6.45, 7) is 0.133. The highest BCUT2D eigenvalue weighted by atomic mass is 32.2. The van der Waals surface area contributed by atoms with Crippen LogP contribution in [-0.4, -0.2) is 14.8 Å². The fraction of sp³-hybridized carbons (Fsp3) is 0.273. The zero-order chi connectivity index (χ0) is 14.0. The molecule has 0 bridgehead atoms. The summed E-state index contributed by atoms with van der Waals surface area (Å²) in [4.78, 5) is 4.35. The van der Waals surface area contributed by atoms with Gasteiger partial charge in [0.05, 0.1) is 11.1 Å². The minimum absolute atomic E-state index is 0.133. The molecule has 0 radical (unpaired) electrons. The van der Waals surface area contributed by atoms with Gasteiger partial charge in [-0.1, -0.05) is 17.8 Å². The Bertz CT molecular complexity index is 580. The van der Waals surface area contributed by atoms with Crippen LogP contribution in [0.3, 0.4) is 0 Å². The molecule has 2 aromatic heterocycles. The molecule has 2 rings (SSSR count). The van der Waals surface area contributed by atoms with E-state index < -0.39 is 11.9 Å². The molecule has 0 aliphatic carbocycles. The summed E-state index contributed by atoms with van der Waals surface area (Å²) in [6, 6.07) is 2.30. The molecule has 0 amide bonds. The van der Waals surface area contributed by atoms with E-state index in [2.05, 4.69) is 10.1 Å². The van der Waals surface area contributed by atoms with Crippen molar-refractivity contribution in [1.82, 2.24) is 14.8 Å². The first-order valence-electron chi connectivity index (χ1n) is 5.34. The van der Waals surface area contributed by atoms with E-state index in [-0.39, 0.29) is 11.6 Å². The second kappa shape index (κ2) is 5.22. The summed E-state index contributed by atoms with van der Waals surface area (Å²) in [5.74, 6) is 0. The molecule has 2 aromatic rings. The highest BCUT2D eigenvalue weighted by Gasteiger charge is 2.33. The molecule has 0 aromatic carbocycles. The van der Waals surface area contributed by atoms with Gasteiger partial charge in [0, 0.05) is 19.8 Å². The lowest BCUT2D eigenvalue weighted by Crippen LogP contribution is -2.10. The molecule has 2 heterocycles. The summed E-state index contributed by atoms with van der Waals surface area (Å²) in [6.07, 6.45) is -1.20. The zero-order valence-electron chi connectivity index (χ0n) is 9.98. The van der Waals surface area contributed by atoms with Gasteiger partial charge in [0.1, 0.15) is 10.7 Å². The predicted molar refractivity (Wildman–Crippen MR) is 64.5 cm³/mol. The van der Waals surface area contributed by atoms with Gasteiger partial charge in [0.15, 0.2) is 0 Å². The maximum Gasteiger partial charge on any atom is 0.433 e. The first-order chi connectivity index (χ1) is 8.90. The molecule has 4 nitrogen and oxygen atoms in total. The molecule has 0 fully saturated rings. The second-order valence-corrected chi connectivity index (χ2v) is 4.88. The third-order valence-electron chi connectivity index (χ3n) is 2.35. The number of aromatic nitrogens is 3. The molecule has 8 heteroatoms. The number of hydrogen-bond acceptors (Lipinski definition) is 4. The Labute approximate surface area is 111 Å². The van der Waals surface area contributed by atoms with Crippen molar-refractivity contribution in [2.24, 2.45) is 12.8 Å². The number of rotatable bonds is 3. The Morgan fingerprint density at radius 3 is 2.63 bits per heavy atom. The first-order valence-corrected chi connectivity index (χ1v) is 6.15. The quantitative estimate of drug-likeness (QED) is 0.942. The van der Waals surface area contributed by atoms with Crippen molar-refractivity contribution < 1.29 is 13.2 Å². The van der Waals surface area contributed by atoms with Crippen molar-refractivity contribution in [3.05, 3.63) is 35.8 Å². The van der Waals surface area contributed by atoms with Gasteiger partial charge in [-0.25, -0.2) is 4.98 Å². The van der Waals surface area contributed by atoms with E-state index in [9.17, 15) is 13.2 Å². The Morgan fingerprint density at radius 2 is 2.11 bits per heavy atom. The van der Waals surface area contributed by atoms with E-state index in [1.807, 2.05) is 0 Å². The summed E-state index contributed by atoms with van der Waals surface area (Å²) in [7, 11) is 1.73. The molecule has 0 unspecified atom stereocenters. The number of nitrogens with two attached hydrogens (primary N) is 1. The van der Waals surface area contributed by atoms with Crippen LogP contribution in [0.1, 0.15) is 11.3 Å². The number of nitrogens with zero attached hydrogens (tertiary/aromatic N) is 3. The third kappa shape index (κ3) is 3.27. The van der Waals surface area contributed by atoms with Crippen LogP contribution < -0.4 is 5.73 Å². The third-order valence-corrected chi connectivity index (χ3v) is 3.34. The molecule has 102 valence electrons. The van der Waals surface area contributed by atoms with Gasteiger partial charge in [0.25, 0.3) is 0 Å². The van der Waals surface area contributed by atoms with Crippen molar-refractivity contribution in [1.29, 1.82) is 0 Å². The lowest BCUT2D eigenvalue weighted by atomic mass is 10.2. The van der Waals surface area contributed by atoms with Gasteiger partial charge in [-0.3, -0.25) is 4.68 Å². The average molecular weight is 288 g/mol. The fourth-order valence-electron chi connectivity index (χ4n) is 1.43. The van der Waals surface area contributed by atoms with E-state index in [1.165, 1.54) is 6.07 Å². The molecule has 0 saturated heterocycles. The van der Waals surface area contributed by atoms with Crippen LogP contribution in [0.4, 0.5) is 13.2 Å². The van der Waals surface area contributed by atoms with Crippen molar-refractivity contribution in [3.8, 4) is 0 Å². The van der Waals surface area contributed by atoms with E-state index in [4.69, 9.17) is 5.73 Å². The lowest BCUT2D eigenvalue weighted by Gasteiger charge is -2.10. The summed E-state index contributed by atoms with van der Waals surface area (Å²) < 4.78 is 39.4. The minimum atomic E-state index is -4.46. The number of pyridine rings is 1. The summed E-state index contributed by atoms with van der Waals surface area (Å²) in [5, 5.41) is 4.21. The lowest BCUT2D eigenvalue weighted by molar-refractivity contribution is -0.141. The standard InChI is InChI=1S/C11H11F3N4S/c1-18-6-8(5-16-18)19-10-7(4-15)2-3-9(17-10)11(12,13)14/h2-3,5-6H,4,15H2,1H3. The van der Waals surface area contributed by atoms with Crippen LogP contribution in [0.2, 0.25) is 0 Å². The Hall–Kier alpha value is -1.54. The van der Waals surface area contributed by atoms with Gasteiger partial charge in [-0.2, -0.15) is 18.3 Å². The monoisotopic (exact) mass is 288 g/mol. The molecule has 0 aliphatic rings. The Morgan fingerprint density at radius 1 is 1.37 bits per heavy atom. The van der Waals surface area contributed by atoms with E-state index in [1.54, 1.807) is 24.1 Å². The molecule has 0 spiro atoms. The maximum absolute atomic E-state index is 12.6. The van der Waals surface area contributed by atoms with Gasteiger partial charge in [0.2, 0.25) is 0 Å². The number of aryl methyl sites for hydroxylation is 1. The highest BCUT2D eigenvalue weighted by Crippen LogP contribution is 2.33. The second-order valence-electron chi connectivity index (χ2n) is 3.81. The van der Waals surface area contributed by atoms with Crippen LogP contribution in [0.15, 0.2) is 34.4 Å². The average Bonchev–Trinajstić information content (AvgIpc) is 2.73. The Kier molecular flexibility index (Phi) is 3.81. The SMILES string of the molecule is Cn1cc(Sc2nc(C(F)(F)F)ccc2CN)cn1. The van der Waals surface area contributed by atoms with Gasteiger partial charge in [-0.15, -0.1) is 0 Å². The molecule has 19 heavy (non-hydrogen) atoms. The number of hydrogen-bond donors (Lipinski definition) is 1. The molecular formula is C11H11F3N4S. The van der Waals surface area contributed by atoms with Crippen LogP contribution in [-0.2, 0) is 19.8 Å². The fourth-order valence-corrected chi connectivity index (χ4v) is 2.39. The first kappa shape index (κ1) is 13.9. The van der Waals surface area contributed by atoms with Crippen molar-refractivity contribution in [2.75, 3.05) is 0 Å². The summed E-state index contributed by atoms with van der Waals surface area (Å²) >= 11 is 1.12. The van der Waals surface area contributed by atoms with Crippen molar-refractivity contribution >= 4 is 11.8 Å². The summed E-state index contributed by atoms with van der Waals surface area (Å²) in [5.41, 5.74) is 5.16. The van der Waals surface area contributed by atoms with Crippen molar-refractivity contribution in [3.63, 3.8) is 0 Å². The predicted octanol–water partition coefficient (Wildman–Crippen LogP) is 2.44. The largest absolute Gasteiger partial charge is 0.433 e. The van der Waals surface area contributed by atoms with Crippen LogP contribution in [0, 0.1) is 0 Å². The normalized spacial score (nSPS) is 11.8. The molecular weight excluding hydrogens is 277 g/mol. The molecule has 2 N–H and O–H groups in total. The molecule has 0 atom stereocenters. The Balaban J connectivity index is 2.36. The smallest absolute Gasteiger partial charge is 0.326 e. The molecule has 0 saturated carbocycles. The topological polar surface area (TPSA) is 56.7 Å². The van der Waals surface area contributed by atoms with Gasteiger partial charge < -0.3 is 5.73 Å². The van der Waals surface area contributed by atoms with Crippen LogP contribution in [0.5, 0.6) is 0 Å².